The lowest BCUT2D eigenvalue weighted by atomic mass is 10.0. The van der Waals surface area contributed by atoms with Crippen molar-refractivity contribution in [2.24, 2.45) is 0 Å². The van der Waals surface area contributed by atoms with Gasteiger partial charge in [0.15, 0.2) is 0 Å². The summed E-state index contributed by atoms with van der Waals surface area (Å²) in [7, 11) is 0. The van der Waals surface area contributed by atoms with E-state index in [-0.39, 0.29) is 14.9 Å². The second-order valence-corrected chi connectivity index (χ2v) is 3.94. The van der Waals surface area contributed by atoms with Gasteiger partial charge in [0.25, 0.3) is 0 Å². The standard InChI is InChI=1S/C14H13N.2CH4/c1-3-7-11(8-4-1)13-14(15-13)12-9-5-2-6-10-12;;/h1-10,13-15H;2*1H4. The minimum Gasteiger partial charge on any atom is -0.300 e. The van der Waals surface area contributed by atoms with Crippen LogP contribution in [0.3, 0.4) is 0 Å². The zero-order valence-corrected chi connectivity index (χ0v) is 8.43. The van der Waals surface area contributed by atoms with E-state index in [1.807, 2.05) is 0 Å². The highest BCUT2D eigenvalue weighted by molar-refractivity contribution is 5.33. The van der Waals surface area contributed by atoms with Gasteiger partial charge in [-0.05, 0) is 11.1 Å². The largest absolute Gasteiger partial charge is 0.300 e. The minimum atomic E-state index is 0. The molecule has 1 heteroatoms. The van der Waals surface area contributed by atoms with E-state index in [4.69, 9.17) is 0 Å². The van der Waals surface area contributed by atoms with Crippen molar-refractivity contribution in [3.05, 3.63) is 71.8 Å². The van der Waals surface area contributed by atoms with Gasteiger partial charge >= 0.3 is 0 Å². The van der Waals surface area contributed by atoms with E-state index in [2.05, 4.69) is 66.0 Å². The molecule has 2 aromatic carbocycles. The monoisotopic (exact) mass is 227 g/mol. The molecule has 0 spiro atoms. The van der Waals surface area contributed by atoms with Crippen LogP contribution in [0.15, 0.2) is 60.7 Å². The van der Waals surface area contributed by atoms with Gasteiger partial charge in [-0.25, -0.2) is 0 Å². The van der Waals surface area contributed by atoms with Crippen LogP contribution in [0.2, 0.25) is 0 Å². The lowest BCUT2D eigenvalue weighted by molar-refractivity contribution is 1.03. The molecule has 1 aliphatic heterocycles. The lowest BCUT2D eigenvalue weighted by Crippen LogP contribution is -1.82. The quantitative estimate of drug-likeness (QED) is 0.757. The fourth-order valence-corrected chi connectivity index (χ4v) is 2.04. The zero-order chi connectivity index (χ0) is 10.1. The summed E-state index contributed by atoms with van der Waals surface area (Å²) in [5, 5.41) is 3.50. The molecule has 0 aliphatic carbocycles. The molecule has 2 aromatic rings. The first kappa shape index (κ1) is 13.5. The predicted octanol–water partition coefficient (Wildman–Crippen LogP) is 4.34. The van der Waals surface area contributed by atoms with Crippen LogP contribution in [-0.2, 0) is 0 Å². The Hall–Kier alpha value is -1.60. The average Bonchev–Trinajstić information content (AvgIpc) is 3.11. The van der Waals surface area contributed by atoms with Gasteiger partial charge in [-0.2, -0.15) is 0 Å². The van der Waals surface area contributed by atoms with E-state index < -0.39 is 0 Å². The van der Waals surface area contributed by atoms with Crippen molar-refractivity contribution in [2.75, 3.05) is 0 Å². The van der Waals surface area contributed by atoms with Crippen LogP contribution in [0, 0.1) is 0 Å². The third-order valence-electron chi connectivity index (χ3n) is 2.90. The molecule has 0 saturated carbocycles. The van der Waals surface area contributed by atoms with Gasteiger partial charge in [0.1, 0.15) is 0 Å². The van der Waals surface area contributed by atoms with E-state index in [1.165, 1.54) is 11.1 Å². The van der Waals surface area contributed by atoms with E-state index in [1.54, 1.807) is 0 Å². The number of hydrogen-bond donors (Lipinski definition) is 1. The molecule has 0 amide bonds. The van der Waals surface area contributed by atoms with Gasteiger partial charge in [0, 0.05) is 0 Å². The smallest absolute Gasteiger partial charge is 0.0523 e. The highest BCUT2D eigenvalue weighted by Gasteiger charge is 2.38. The Balaban J connectivity index is 0.000000722. The molecule has 90 valence electrons. The van der Waals surface area contributed by atoms with Crippen molar-refractivity contribution in [1.82, 2.24) is 5.32 Å². The predicted molar refractivity (Wildman–Crippen MR) is 75.0 cm³/mol. The molecule has 0 bridgehead atoms. The molecule has 17 heavy (non-hydrogen) atoms. The Morgan fingerprint density at radius 2 is 0.941 bits per heavy atom. The molecule has 1 aliphatic rings. The van der Waals surface area contributed by atoms with Crippen LogP contribution in [0.5, 0.6) is 0 Å². The Bertz CT molecular complexity index is 392. The highest BCUT2D eigenvalue weighted by Crippen LogP contribution is 2.41. The number of benzene rings is 2. The van der Waals surface area contributed by atoms with Crippen LogP contribution < -0.4 is 5.32 Å². The molecule has 1 saturated heterocycles. The summed E-state index contributed by atoms with van der Waals surface area (Å²) in [6, 6.07) is 22.2. The summed E-state index contributed by atoms with van der Waals surface area (Å²) in [6.07, 6.45) is 0. The van der Waals surface area contributed by atoms with Gasteiger partial charge < -0.3 is 0 Å². The number of hydrogen-bond acceptors (Lipinski definition) is 1. The lowest BCUT2D eigenvalue weighted by Gasteiger charge is -1.97. The topological polar surface area (TPSA) is 21.9 Å². The maximum absolute atomic E-state index is 3.50. The number of nitrogens with one attached hydrogen (secondary N) is 1. The first-order valence-corrected chi connectivity index (χ1v) is 5.31. The summed E-state index contributed by atoms with van der Waals surface area (Å²) in [4.78, 5) is 0. The fourth-order valence-electron chi connectivity index (χ4n) is 2.04. The first-order chi connectivity index (χ1) is 7.45. The van der Waals surface area contributed by atoms with Crippen LogP contribution >= 0.6 is 0 Å². The summed E-state index contributed by atoms with van der Waals surface area (Å²) >= 11 is 0. The second-order valence-electron chi connectivity index (χ2n) is 3.94. The van der Waals surface area contributed by atoms with E-state index in [0.717, 1.165) is 0 Å². The van der Waals surface area contributed by atoms with Crippen molar-refractivity contribution >= 4 is 0 Å². The van der Waals surface area contributed by atoms with Crippen molar-refractivity contribution in [3.8, 4) is 0 Å². The van der Waals surface area contributed by atoms with Crippen molar-refractivity contribution in [1.29, 1.82) is 0 Å². The van der Waals surface area contributed by atoms with Crippen LogP contribution in [-0.4, -0.2) is 0 Å². The first-order valence-electron chi connectivity index (χ1n) is 5.31. The molecule has 1 N–H and O–H groups in total. The SMILES string of the molecule is C.C.c1ccc(C2NC2c2ccccc2)cc1. The molecule has 0 radical (unpaired) electrons. The maximum atomic E-state index is 3.50. The second kappa shape index (κ2) is 5.65. The normalized spacial score (nSPS) is 20.9. The Labute approximate surface area is 105 Å². The molecule has 1 nitrogen and oxygen atoms in total. The van der Waals surface area contributed by atoms with Gasteiger partial charge in [-0.3, -0.25) is 5.32 Å². The van der Waals surface area contributed by atoms with Gasteiger partial charge in [-0.15, -0.1) is 0 Å². The fraction of sp³-hybridized carbons (Fsp3) is 0.250. The van der Waals surface area contributed by atoms with Gasteiger partial charge in [0.05, 0.1) is 12.1 Å². The summed E-state index contributed by atoms with van der Waals surface area (Å²) in [5.74, 6) is 0. The summed E-state index contributed by atoms with van der Waals surface area (Å²) < 4.78 is 0. The molecule has 2 unspecified atom stereocenters. The molecule has 1 heterocycles. The van der Waals surface area contributed by atoms with Gasteiger partial charge in [-0.1, -0.05) is 75.5 Å². The van der Waals surface area contributed by atoms with E-state index >= 15 is 0 Å². The third-order valence-corrected chi connectivity index (χ3v) is 2.90. The minimum absolute atomic E-state index is 0. The van der Waals surface area contributed by atoms with Crippen molar-refractivity contribution in [3.63, 3.8) is 0 Å². The van der Waals surface area contributed by atoms with Crippen molar-refractivity contribution < 1.29 is 0 Å². The highest BCUT2D eigenvalue weighted by atomic mass is 15.1. The van der Waals surface area contributed by atoms with Crippen LogP contribution in [0.1, 0.15) is 38.1 Å². The van der Waals surface area contributed by atoms with E-state index in [0.29, 0.717) is 12.1 Å². The Morgan fingerprint density at radius 3 is 1.29 bits per heavy atom. The summed E-state index contributed by atoms with van der Waals surface area (Å²) in [5.41, 5.74) is 2.76. The Kier molecular flexibility index (Phi) is 4.47. The van der Waals surface area contributed by atoms with E-state index in [9.17, 15) is 0 Å². The zero-order valence-electron chi connectivity index (χ0n) is 8.43. The summed E-state index contributed by atoms with van der Waals surface area (Å²) in [6.45, 7) is 0. The molecule has 1 fully saturated rings. The molecular formula is C16H21N. The molecule has 2 atom stereocenters. The van der Waals surface area contributed by atoms with Gasteiger partial charge in [0.2, 0.25) is 0 Å². The average molecular weight is 227 g/mol. The maximum Gasteiger partial charge on any atom is 0.0523 e. The third kappa shape index (κ3) is 2.75. The van der Waals surface area contributed by atoms with Crippen LogP contribution in [0.4, 0.5) is 0 Å². The van der Waals surface area contributed by atoms with Crippen molar-refractivity contribution in [2.45, 2.75) is 26.9 Å². The number of rotatable bonds is 2. The Morgan fingerprint density at radius 1 is 0.588 bits per heavy atom. The van der Waals surface area contributed by atoms with Crippen LogP contribution in [0.25, 0.3) is 0 Å². The molecule has 0 aromatic heterocycles. The molecular weight excluding hydrogens is 206 g/mol. The molecule has 3 rings (SSSR count).